The van der Waals surface area contributed by atoms with Gasteiger partial charge in [0, 0.05) is 31.0 Å². The van der Waals surface area contributed by atoms with E-state index >= 15 is 0 Å². The monoisotopic (exact) mass is 240 g/mol. The Labute approximate surface area is 99.0 Å². The van der Waals surface area contributed by atoms with Gasteiger partial charge in [0.1, 0.15) is 10.7 Å². The van der Waals surface area contributed by atoms with Crippen LogP contribution in [0.25, 0.3) is 0 Å². The third-order valence-corrected chi connectivity index (χ3v) is 3.37. The summed E-state index contributed by atoms with van der Waals surface area (Å²) in [5.41, 5.74) is 0.884. The minimum Gasteiger partial charge on any atom is -0.374 e. The van der Waals surface area contributed by atoms with Crippen LogP contribution in [0.2, 0.25) is 0 Å². The van der Waals surface area contributed by atoms with Crippen molar-refractivity contribution in [1.29, 1.82) is 0 Å². The van der Waals surface area contributed by atoms with Crippen molar-refractivity contribution >= 4 is 22.4 Å². The lowest BCUT2D eigenvalue weighted by Gasteiger charge is -2.14. The normalized spacial score (nSPS) is 20.5. The molecule has 1 aromatic heterocycles. The van der Waals surface area contributed by atoms with Crippen LogP contribution in [0, 0.1) is 5.92 Å². The first kappa shape index (κ1) is 11.3. The van der Waals surface area contributed by atoms with Gasteiger partial charge in [-0.25, -0.2) is 0 Å². The average molecular weight is 240 g/mol. The molecule has 2 rings (SSSR count). The first-order valence-electron chi connectivity index (χ1n) is 5.53. The van der Waals surface area contributed by atoms with Crippen LogP contribution in [0.5, 0.6) is 0 Å². The van der Waals surface area contributed by atoms with Crippen molar-refractivity contribution in [1.82, 2.24) is 14.5 Å². The third kappa shape index (κ3) is 2.32. The van der Waals surface area contributed by atoms with Crippen molar-refractivity contribution in [3.63, 3.8) is 0 Å². The summed E-state index contributed by atoms with van der Waals surface area (Å²) in [4.78, 5) is 13.5. The predicted molar refractivity (Wildman–Crippen MR) is 63.3 cm³/mol. The molecule has 1 saturated heterocycles. The molecule has 1 atom stereocenters. The molecule has 1 aliphatic heterocycles. The quantitative estimate of drug-likeness (QED) is 0.862. The Balaban J connectivity index is 2.03. The van der Waals surface area contributed by atoms with E-state index in [1.807, 2.05) is 11.8 Å². The van der Waals surface area contributed by atoms with Crippen molar-refractivity contribution in [2.75, 3.05) is 18.4 Å². The van der Waals surface area contributed by atoms with Gasteiger partial charge in [0.25, 0.3) is 0 Å². The molecule has 1 aliphatic rings. The zero-order valence-corrected chi connectivity index (χ0v) is 10.4. The van der Waals surface area contributed by atoms with Gasteiger partial charge < -0.3 is 10.2 Å². The molecule has 1 fully saturated rings. The minimum absolute atomic E-state index is 0.225. The topological polar surface area (TPSA) is 58.1 Å². The lowest BCUT2D eigenvalue weighted by atomic mass is 10.2. The second-order valence-electron chi connectivity index (χ2n) is 4.16. The highest BCUT2D eigenvalue weighted by molar-refractivity contribution is 7.10. The fraction of sp³-hybridized carbons (Fsp3) is 0.700. The number of nitrogens with one attached hydrogen (secondary N) is 1. The Kier molecular flexibility index (Phi) is 3.38. The van der Waals surface area contributed by atoms with E-state index in [0.717, 1.165) is 23.8 Å². The van der Waals surface area contributed by atoms with Crippen molar-refractivity contribution in [3.05, 3.63) is 5.69 Å². The van der Waals surface area contributed by atoms with Crippen LogP contribution in [-0.4, -0.2) is 33.5 Å². The Morgan fingerprint density at radius 3 is 3.06 bits per heavy atom. The van der Waals surface area contributed by atoms with Crippen molar-refractivity contribution < 1.29 is 4.79 Å². The lowest BCUT2D eigenvalue weighted by Crippen LogP contribution is -2.25. The molecular weight excluding hydrogens is 224 g/mol. The number of hydrogen-bond donors (Lipinski definition) is 1. The number of carbonyl (C=O) groups is 1. The van der Waals surface area contributed by atoms with Crippen LogP contribution in [0.4, 0.5) is 5.00 Å². The molecule has 0 aromatic carbocycles. The van der Waals surface area contributed by atoms with Gasteiger partial charge in [-0.3, -0.25) is 4.79 Å². The molecule has 6 heteroatoms. The van der Waals surface area contributed by atoms with Crippen LogP contribution in [-0.2, 0) is 11.3 Å². The number of hydrogen-bond acceptors (Lipinski definition) is 5. The highest BCUT2D eigenvalue weighted by atomic mass is 32.1. The van der Waals surface area contributed by atoms with Gasteiger partial charge in [-0.05, 0) is 12.8 Å². The Hall–Kier alpha value is -1.17. The van der Waals surface area contributed by atoms with E-state index in [9.17, 15) is 4.79 Å². The van der Waals surface area contributed by atoms with E-state index in [0.29, 0.717) is 18.9 Å². The molecule has 1 amide bonds. The first-order chi connectivity index (χ1) is 7.70. The number of aromatic nitrogens is 2. The molecule has 2 heterocycles. The second-order valence-corrected chi connectivity index (χ2v) is 4.92. The number of rotatable bonds is 4. The van der Waals surface area contributed by atoms with Gasteiger partial charge in [-0.2, -0.15) is 0 Å². The van der Waals surface area contributed by atoms with Gasteiger partial charge in [-0.1, -0.05) is 11.4 Å². The second kappa shape index (κ2) is 4.78. The van der Waals surface area contributed by atoms with Crippen molar-refractivity contribution in [2.45, 2.75) is 26.8 Å². The molecule has 0 spiro atoms. The Bertz CT molecular complexity index is 379. The first-order valence-corrected chi connectivity index (χ1v) is 6.31. The summed E-state index contributed by atoms with van der Waals surface area (Å²) < 4.78 is 3.92. The van der Waals surface area contributed by atoms with Crippen LogP contribution in [0.15, 0.2) is 0 Å². The van der Waals surface area contributed by atoms with Crippen LogP contribution >= 0.6 is 11.5 Å². The van der Waals surface area contributed by atoms with Gasteiger partial charge in [-0.15, -0.1) is 5.10 Å². The third-order valence-electron chi connectivity index (χ3n) is 2.64. The fourth-order valence-corrected chi connectivity index (χ4v) is 2.55. The summed E-state index contributed by atoms with van der Waals surface area (Å²) in [5.74, 6) is 0.685. The molecule has 1 unspecified atom stereocenters. The van der Waals surface area contributed by atoms with Crippen LogP contribution in [0.1, 0.15) is 26.0 Å². The molecule has 0 aliphatic carbocycles. The summed E-state index contributed by atoms with van der Waals surface area (Å²) in [7, 11) is 0. The SMILES string of the molecule is CCNc1snnc1CN1CC(C)CC1=O. The van der Waals surface area contributed by atoms with Crippen molar-refractivity contribution in [2.24, 2.45) is 5.92 Å². The summed E-state index contributed by atoms with van der Waals surface area (Å²) in [6, 6.07) is 0. The molecule has 0 saturated carbocycles. The zero-order valence-electron chi connectivity index (χ0n) is 9.56. The summed E-state index contributed by atoms with van der Waals surface area (Å²) in [5, 5.41) is 8.26. The molecule has 16 heavy (non-hydrogen) atoms. The summed E-state index contributed by atoms with van der Waals surface area (Å²) in [6.07, 6.45) is 0.661. The maximum atomic E-state index is 11.6. The van der Waals surface area contributed by atoms with Gasteiger partial charge in [0.15, 0.2) is 0 Å². The number of anilines is 1. The van der Waals surface area contributed by atoms with Gasteiger partial charge in [0.2, 0.25) is 5.91 Å². The fourth-order valence-electron chi connectivity index (χ4n) is 1.91. The lowest BCUT2D eigenvalue weighted by molar-refractivity contribution is -0.128. The number of likely N-dealkylation sites (tertiary alicyclic amines) is 1. The Morgan fingerprint density at radius 1 is 1.62 bits per heavy atom. The van der Waals surface area contributed by atoms with E-state index in [1.54, 1.807) is 0 Å². The molecule has 5 nitrogen and oxygen atoms in total. The number of amides is 1. The average Bonchev–Trinajstić information content (AvgIpc) is 2.77. The van der Waals surface area contributed by atoms with Crippen molar-refractivity contribution in [3.8, 4) is 0 Å². The van der Waals surface area contributed by atoms with E-state index in [2.05, 4.69) is 21.8 Å². The maximum Gasteiger partial charge on any atom is 0.223 e. The van der Waals surface area contributed by atoms with E-state index < -0.39 is 0 Å². The highest BCUT2D eigenvalue weighted by Gasteiger charge is 2.27. The maximum absolute atomic E-state index is 11.6. The molecular formula is C10H16N4OS. The Morgan fingerprint density at radius 2 is 2.44 bits per heavy atom. The molecule has 0 bridgehead atoms. The van der Waals surface area contributed by atoms with Crippen LogP contribution < -0.4 is 5.32 Å². The summed E-state index contributed by atoms with van der Waals surface area (Å²) in [6.45, 7) is 6.40. The van der Waals surface area contributed by atoms with E-state index in [1.165, 1.54) is 11.5 Å². The van der Waals surface area contributed by atoms with E-state index in [4.69, 9.17) is 0 Å². The largest absolute Gasteiger partial charge is 0.374 e. The zero-order chi connectivity index (χ0) is 11.5. The molecule has 1 aromatic rings. The number of carbonyl (C=O) groups excluding carboxylic acids is 1. The highest BCUT2D eigenvalue weighted by Crippen LogP contribution is 2.23. The number of nitrogens with zero attached hydrogens (tertiary/aromatic N) is 3. The smallest absolute Gasteiger partial charge is 0.223 e. The molecule has 1 N–H and O–H groups in total. The summed E-state index contributed by atoms with van der Waals surface area (Å²) >= 11 is 1.35. The van der Waals surface area contributed by atoms with Crippen LogP contribution in [0.3, 0.4) is 0 Å². The molecule has 88 valence electrons. The van der Waals surface area contributed by atoms with Gasteiger partial charge >= 0.3 is 0 Å². The minimum atomic E-state index is 0.225. The van der Waals surface area contributed by atoms with E-state index in [-0.39, 0.29) is 5.91 Å². The predicted octanol–water partition coefficient (Wildman–Crippen LogP) is 1.34. The standard InChI is InChI=1S/C10H16N4OS/c1-3-11-10-8(12-13-16-10)6-14-5-7(2)4-9(14)15/h7,11H,3-6H2,1-2H3. The molecule has 0 radical (unpaired) electrons. The van der Waals surface area contributed by atoms with Gasteiger partial charge in [0.05, 0.1) is 6.54 Å².